The van der Waals surface area contributed by atoms with Crippen molar-refractivity contribution in [2.24, 2.45) is 11.5 Å². The Morgan fingerprint density at radius 1 is 1.00 bits per heavy atom. The van der Waals surface area contributed by atoms with Crippen molar-refractivity contribution < 1.29 is 29.3 Å². The Labute approximate surface area is 91.8 Å². The van der Waals surface area contributed by atoms with E-state index in [9.17, 15) is 0 Å². The quantitative estimate of drug-likeness (QED) is 0.272. The Balaban J connectivity index is 0. The maximum absolute atomic E-state index is 8.81. The van der Waals surface area contributed by atoms with Gasteiger partial charge in [-0.25, -0.2) is 0 Å². The topological polar surface area (TPSA) is 122 Å². The molecule has 0 unspecified atom stereocenters. The minimum atomic E-state index is -3.58. The molecule has 0 heterocycles. The molecule has 0 aliphatic rings. The number of nitrogens with one attached hydrogen (secondary N) is 1. The summed E-state index contributed by atoms with van der Waals surface area (Å²) in [5.41, 5.74) is 10.6. The molecule has 0 fully saturated rings. The van der Waals surface area contributed by atoms with E-state index < -0.39 is 18.6 Å². The molecule has 0 aliphatic carbocycles. The summed E-state index contributed by atoms with van der Waals surface area (Å²) in [5, 5.41) is 3.29. The van der Waals surface area contributed by atoms with E-state index in [2.05, 4.69) is 5.32 Å². The number of rotatable bonds is 7. The first-order chi connectivity index (χ1) is 6.65. The van der Waals surface area contributed by atoms with Gasteiger partial charge < -0.3 is 16.8 Å². The first kappa shape index (κ1) is 16.7. The molecule has 7 heteroatoms. The fourth-order valence-electron chi connectivity index (χ4n) is 0.746. The summed E-state index contributed by atoms with van der Waals surface area (Å²) in [6.45, 7) is 3.71. The van der Waals surface area contributed by atoms with Crippen LogP contribution in [-0.2, 0) is 21.9 Å². The molecule has 0 saturated carbocycles. The average molecular weight is 243 g/mol. The molecule has 0 aliphatic heterocycles. The van der Waals surface area contributed by atoms with Crippen LogP contribution in [0.3, 0.4) is 0 Å². The van der Waals surface area contributed by atoms with Crippen molar-refractivity contribution in [1.82, 2.24) is 5.32 Å². The van der Waals surface area contributed by atoms with E-state index in [0.29, 0.717) is 0 Å². The Bertz CT molecular complexity index is 115. The number of hydrogen-bond donors (Lipinski definition) is 5. The molecule has 0 amide bonds. The Morgan fingerprint density at radius 2 is 1.43 bits per heavy atom. The number of nitrogens with two attached hydrogens (primary N) is 2. The molecule has 86 valence electrons. The molecule has 0 atom stereocenters. The van der Waals surface area contributed by atoms with Crippen LogP contribution in [0, 0.1) is 0 Å². The monoisotopic (exact) mass is 243 g/mol. The molecule has 0 saturated heterocycles. The molecule has 7 N–H and O–H groups in total. The third kappa shape index (κ3) is 29.5. The van der Waals surface area contributed by atoms with Crippen LogP contribution in [0.15, 0.2) is 0 Å². The van der Waals surface area contributed by atoms with Gasteiger partial charge in [-0.05, 0) is 45.4 Å². The summed E-state index contributed by atoms with van der Waals surface area (Å²) >= 11 is -3.58. The van der Waals surface area contributed by atoms with Gasteiger partial charge in [0.15, 0.2) is 0 Å². The molecule has 14 heavy (non-hydrogen) atoms. The average Bonchev–Trinajstić information content (AvgIpc) is 2.10. The van der Waals surface area contributed by atoms with Crippen LogP contribution in [0.4, 0.5) is 0 Å². The predicted octanol–water partition coefficient (Wildman–Crippen LogP) is -1.57. The van der Waals surface area contributed by atoms with Crippen LogP contribution in [-0.4, -0.2) is 33.6 Å². The van der Waals surface area contributed by atoms with Gasteiger partial charge in [-0.3, -0.25) is 0 Å². The van der Waals surface area contributed by atoms with Gasteiger partial charge in [0.2, 0.25) is 0 Å². The second kappa shape index (κ2) is 15.8. The maximum atomic E-state index is 8.81. The molecule has 6 nitrogen and oxygen atoms in total. The van der Waals surface area contributed by atoms with Crippen molar-refractivity contribution in [2.45, 2.75) is 19.3 Å². The van der Waals surface area contributed by atoms with E-state index in [1.807, 2.05) is 0 Å². The fraction of sp³-hybridized carbons (Fsp3) is 1.00. The molecule has 0 aromatic heterocycles. The van der Waals surface area contributed by atoms with Crippen LogP contribution in [0.5, 0.6) is 0 Å². The summed E-state index contributed by atoms with van der Waals surface area (Å²) in [6, 6.07) is 0. The molecular weight excluding hydrogens is 222 g/mol. The number of hydrogen-bond acceptors (Lipinski definition) is 4. The van der Waals surface area contributed by atoms with Crippen molar-refractivity contribution in [3.63, 3.8) is 0 Å². The summed E-state index contributed by atoms with van der Waals surface area (Å²) < 4.78 is 23.2. The summed E-state index contributed by atoms with van der Waals surface area (Å²) in [5.74, 6) is 0. The van der Waals surface area contributed by atoms with Crippen molar-refractivity contribution in [3.8, 4) is 0 Å². The molecule has 0 spiro atoms. The third-order valence-electron chi connectivity index (χ3n) is 1.37. The first-order valence-electron chi connectivity index (χ1n) is 4.67. The van der Waals surface area contributed by atoms with Crippen LogP contribution in [0.25, 0.3) is 0 Å². The van der Waals surface area contributed by atoms with E-state index >= 15 is 0 Å². The summed E-state index contributed by atoms with van der Waals surface area (Å²) in [7, 11) is 0. The van der Waals surface area contributed by atoms with E-state index in [1.165, 1.54) is 6.42 Å². The molecule has 0 bridgehead atoms. The third-order valence-corrected chi connectivity index (χ3v) is 1.37. The molecule has 0 aromatic carbocycles. The Morgan fingerprint density at radius 3 is 1.86 bits per heavy atom. The van der Waals surface area contributed by atoms with Crippen LogP contribution in [0.2, 0.25) is 0 Å². The predicted molar refractivity (Wildman–Crippen MR) is 50.0 cm³/mol. The zero-order chi connectivity index (χ0) is 11.2. The SMILES string of the molecule is NCCCCNCCCN.[O]=[Ti]([OH])[OH]. The van der Waals surface area contributed by atoms with Gasteiger partial charge >= 0.3 is 29.3 Å². The van der Waals surface area contributed by atoms with E-state index in [-0.39, 0.29) is 0 Å². The Hall–Kier alpha value is 0.314. The molecular formula is C7H21N3O3Ti. The summed E-state index contributed by atoms with van der Waals surface area (Å²) in [4.78, 5) is 0. The van der Waals surface area contributed by atoms with Gasteiger partial charge in [0.25, 0.3) is 0 Å². The van der Waals surface area contributed by atoms with Gasteiger partial charge in [-0.2, -0.15) is 0 Å². The standard InChI is InChI=1S/C7H19N3.2H2O.O.Ti/c8-4-1-2-6-10-7-3-5-9;;;;/h10H,1-9H2;2*1H2;;/q;;;;+2/p-2. The normalized spacial score (nSPS) is 9.14. The van der Waals surface area contributed by atoms with Crippen molar-refractivity contribution in [3.05, 3.63) is 0 Å². The second-order valence-electron chi connectivity index (χ2n) is 2.67. The first-order valence-corrected chi connectivity index (χ1v) is 6.71. The Kier molecular flexibility index (Phi) is 18.9. The van der Waals surface area contributed by atoms with Gasteiger partial charge in [0.05, 0.1) is 0 Å². The zero-order valence-corrected chi connectivity index (χ0v) is 9.97. The van der Waals surface area contributed by atoms with Gasteiger partial charge in [0, 0.05) is 0 Å². The molecule has 0 aromatic rings. The number of unbranched alkanes of at least 4 members (excludes halogenated alkanes) is 1. The van der Waals surface area contributed by atoms with E-state index in [0.717, 1.165) is 39.0 Å². The van der Waals surface area contributed by atoms with Crippen molar-refractivity contribution >= 4 is 0 Å². The van der Waals surface area contributed by atoms with Gasteiger partial charge in [0.1, 0.15) is 0 Å². The molecule has 0 radical (unpaired) electrons. The van der Waals surface area contributed by atoms with Gasteiger partial charge in [-0.15, -0.1) is 0 Å². The minimum absolute atomic E-state index is 0.782. The van der Waals surface area contributed by atoms with Crippen LogP contribution in [0.1, 0.15) is 19.3 Å². The van der Waals surface area contributed by atoms with Crippen molar-refractivity contribution in [2.75, 3.05) is 26.2 Å². The van der Waals surface area contributed by atoms with E-state index in [4.69, 9.17) is 22.2 Å². The van der Waals surface area contributed by atoms with Crippen LogP contribution >= 0.6 is 0 Å². The van der Waals surface area contributed by atoms with Crippen molar-refractivity contribution in [1.29, 1.82) is 0 Å². The summed E-state index contributed by atoms with van der Waals surface area (Å²) in [6.07, 6.45) is 3.37. The van der Waals surface area contributed by atoms with E-state index in [1.54, 1.807) is 0 Å². The zero-order valence-electron chi connectivity index (χ0n) is 8.41. The van der Waals surface area contributed by atoms with Crippen LogP contribution < -0.4 is 16.8 Å². The molecule has 0 rings (SSSR count). The second-order valence-corrected chi connectivity index (χ2v) is 3.55. The fourth-order valence-corrected chi connectivity index (χ4v) is 0.746. The van der Waals surface area contributed by atoms with Gasteiger partial charge in [-0.1, -0.05) is 0 Å².